The Morgan fingerprint density at radius 3 is 2.54 bits per heavy atom. The molecule has 2 amide bonds. The number of fused-ring (bicyclic) bond motifs is 1. The first-order chi connectivity index (χ1) is 16.9. The summed E-state index contributed by atoms with van der Waals surface area (Å²) < 4.78 is 12.3. The van der Waals surface area contributed by atoms with E-state index in [1.165, 1.54) is 0 Å². The molecule has 0 spiro atoms. The van der Waals surface area contributed by atoms with Crippen LogP contribution in [0.1, 0.15) is 28.5 Å². The van der Waals surface area contributed by atoms with Crippen molar-refractivity contribution in [3.8, 4) is 17.2 Å². The number of hydrogen-bond donors (Lipinski definition) is 1. The number of nitrogens with one attached hydrogen (secondary N) is 1. The first-order valence-corrected chi connectivity index (χ1v) is 11.3. The van der Waals surface area contributed by atoms with Crippen LogP contribution >= 0.6 is 0 Å². The van der Waals surface area contributed by atoms with Crippen molar-refractivity contribution in [1.29, 1.82) is 0 Å². The van der Waals surface area contributed by atoms with Gasteiger partial charge in [-0.2, -0.15) is 5.10 Å². The predicted octanol–water partition coefficient (Wildman–Crippen LogP) is 4.20. The summed E-state index contributed by atoms with van der Waals surface area (Å²) in [4.78, 5) is 29.0. The van der Waals surface area contributed by atoms with Crippen LogP contribution in [0.5, 0.6) is 5.75 Å². The number of methoxy groups -OCH3 is 1. The highest BCUT2D eigenvalue weighted by Gasteiger charge is 2.48. The lowest BCUT2D eigenvalue weighted by Gasteiger charge is -2.43. The van der Waals surface area contributed by atoms with Crippen molar-refractivity contribution in [3.63, 3.8) is 0 Å². The third kappa shape index (κ3) is 4.07. The lowest BCUT2D eigenvalue weighted by molar-refractivity contribution is -0.126. The van der Waals surface area contributed by atoms with Gasteiger partial charge >= 0.3 is 0 Å². The van der Waals surface area contributed by atoms with E-state index < -0.39 is 5.54 Å². The zero-order chi connectivity index (χ0) is 24.6. The van der Waals surface area contributed by atoms with Gasteiger partial charge in [0.2, 0.25) is 5.91 Å². The Balaban J connectivity index is 1.50. The van der Waals surface area contributed by atoms with Crippen molar-refractivity contribution in [2.45, 2.75) is 32.5 Å². The van der Waals surface area contributed by atoms with Crippen LogP contribution in [0, 0.1) is 6.92 Å². The summed E-state index contributed by atoms with van der Waals surface area (Å²) in [5.41, 5.74) is 2.37. The molecule has 0 radical (unpaired) electrons. The maximum Gasteiger partial charge on any atom is 0.277 e. The second-order valence-corrected chi connectivity index (χ2v) is 8.83. The first kappa shape index (κ1) is 22.5. The first-order valence-electron chi connectivity index (χ1n) is 11.3. The zero-order valence-corrected chi connectivity index (χ0v) is 19.8. The van der Waals surface area contributed by atoms with E-state index in [9.17, 15) is 9.59 Å². The number of carbonyl (C=O) groups is 2. The molecule has 1 N–H and O–H groups in total. The van der Waals surface area contributed by atoms with E-state index in [2.05, 4.69) is 10.4 Å². The van der Waals surface area contributed by atoms with Gasteiger partial charge in [-0.05, 0) is 55.8 Å². The number of aryl methyl sites for hydroxylation is 1. The molecule has 1 aliphatic heterocycles. The van der Waals surface area contributed by atoms with Crippen LogP contribution in [0.4, 0.5) is 5.69 Å². The minimum absolute atomic E-state index is 0.192. The number of carbonyl (C=O) groups excluding carboxylic acids is 2. The van der Waals surface area contributed by atoms with Gasteiger partial charge < -0.3 is 14.5 Å². The van der Waals surface area contributed by atoms with Crippen LogP contribution < -0.4 is 15.0 Å². The van der Waals surface area contributed by atoms with Crippen molar-refractivity contribution in [2.75, 3.05) is 12.0 Å². The predicted molar refractivity (Wildman–Crippen MR) is 131 cm³/mol. The average molecular weight is 471 g/mol. The van der Waals surface area contributed by atoms with E-state index in [0.717, 1.165) is 16.9 Å². The number of benzene rings is 2. The largest absolute Gasteiger partial charge is 0.497 e. The molecule has 1 atom stereocenters. The number of ether oxygens (including phenoxy) is 1. The highest BCUT2D eigenvalue weighted by Crippen LogP contribution is 2.34. The number of hydrogen-bond acceptors (Lipinski definition) is 5. The molecule has 8 nitrogen and oxygen atoms in total. The van der Waals surface area contributed by atoms with Gasteiger partial charge in [0.15, 0.2) is 5.76 Å². The maximum absolute atomic E-state index is 13.8. The third-order valence-electron chi connectivity index (χ3n) is 6.32. The van der Waals surface area contributed by atoms with Crippen LogP contribution in [0.3, 0.4) is 0 Å². The van der Waals surface area contributed by atoms with E-state index in [4.69, 9.17) is 9.15 Å². The Bertz CT molecular complexity index is 1360. The fourth-order valence-corrected chi connectivity index (χ4v) is 4.34. The lowest BCUT2D eigenvalue weighted by atomic mass is 9.93. The fourth-order valence-electron chi connectivity index (χ4n) is 4.34. The van der Waals surface area contributed by atoms with Gasteiger partial charge in [0.05, 0.1) is 19.9 Å². The molecule has 1 aliphatic rings. The van der Waals surface area contributed by atoms with Gasteiger partial charge in [0.25, 0.3) is 5.91 Å². The smallest absolute Gasteiger partial charge is 0.277 e. The molecule has 3 heterocycles. The van der Waals surface area contributed by atoms with Gasteiger partial charge in [-0.1, -0.05) is 29.8 Å². The molecule has 178 valence electrons. The number of furan rings is 1. The molecule has 0 fully saturated rings. The van der Waals surface area contributed by atoms with Crippen LogP contribution in [0.25, 0.3) is 11.5 Å². The third-order valence-corrected chi connectivity index (χ3v) is 6.32. The topological polar surface area (TPSA) is 89.6 Å². The Morgan fingerprint density at radius 1 is 1.14 bits per heavy atom. The number of rotatable bonds is 6. The molecule has 0 saturated carbocycles. The number of nitrogens with zero attached hydrogens (tertiary/aromatic N) is 3. The molecule has 0 saturated heterocycles. The van der Waals surface area contributed by atoms with E-state index in [1.807, 2.05) is 55.5 Å². The Labute approximate surface area is 203 Å². The zero-order valence-electron chi connectivity index (χ0n) is 19.8. The van der Waals surface area contributed by atoms with E-state index in [0.29, 0.717) is 29.4 Å². The molecular formula is C27H26N4O4. The molecule has 1 unspecified atom stereocenters. The maximum atomic E-state index is 13.8. The second kappa shape index (κ2) is 8.79. The van der Waals surface area contributed by atoms with Crippen LogP contribution in [0.15, 0.2) is 77.4 Å². The Hall–Kier alpha value is -4.33. The number of anilines is 1. The molecule has 0 bridgehead atoms. The second-order valence-electron chi connectivity index (χ2n) is 8.83. The SMILES string of the molecule is COc1ccc(CNC(=O)C2(C)Cn3nc(-c4ccco4)cc3C(=O)N2c2ccc(C)cc2)cc1. The van der Waals surface area contributed by atoms with E-state index in [1.54, 1.807) is 48.1 Å². The molecule has 0 aliphatic carbocycles. The van der Waals surface area contributed by atoms with Crippen molar-refractivity contribution in [1.82, 2.24) is 15.1 Å². The quantitative estimate of drug-likeness (QED) is 0.456. The van der Waals surface area contributed by atoms with Crippen LogP contribution in [-0.2, 0) is 17.9 Å². The van der Waals surface area contributed by atoms with Gasteiger partial charge in [0, 0.05) is 18.3 Å². The molecular weight excluding hydrogens is 444 g/mol. The monoisotopic (exact) mass is 470 g/mol. The summed E-state index contributed by atoms with van der Waals surface area (Å²) in [6, 6.07) is 20.3. The van der Waals surface area contributed by atoms with Gasteiger partial charge in [-0.3, -0.25) is 19.2 Å². The van der Waals surface area contributed by atoms with Crippen molar-refractivity contribution in [2.24, 2.45) is 0 Å². The standard InChI is InChI=1S/C27H26N4O4/c1-18-6-10-20(11-7-18)31-25(32)23-15-22(24-5-4-14-35-24)29-30(23)17-27(31,2)26(33)28-16-19-8-12-21(34-3)13-9-19/h4-15H,16-17H2,1-3H3,(H,28,33). The summed E-state index contributed by atoms with van der Waals surface area (Å²) in [7, 11) is 1.61. The van der Waals surface area contributed by atoms with Crippen molar-refractivity contribution >= 4 is 17.5 Å². The molecule has 2 aromatic heterocycles. The fraction of sp³-hybridized carbons (Fsp3) is 0.222. The van der Waals surface area contributed by atoms with Crippen LogP contribution in [-0.4, -0.2) is 34.2 Å². The highest BCUT2D eigenvalue weighted by molar-refractivity contribution is 6.12. The summed E-state index contributed by atoms with van der Waals surface area (Å²) in [5, 5.41) is 7.59. The van der Waals surface area contributed by atoms with E-state index in [-0.39, 0.29) is 18.4 Å². The van der Waals surface area contributed by atoms with Gasteiger partial charge in [-0.15, -0.1) is 0 Å². The Morgan fingerprint density at radius 2 is 1.89 bits per heavy atom. The average Bonchev–Trinajstić information content (AvgIpc) is 3.54. The normalized spacial score (nSPS) is 17.2. The molecule has 4 aromatic rings. The van der Waals surface area contributed by atoms with Gasteiger partial charge in [-0.25, -0.2) is 0 Å². The van der Waals surface area contributed by atoms with Crippen molar-refractivity contribution < 1.29 is 18.7 Å². The van der Waals surface area contributed by atoms with Crippen molar-refractivity contribution in [3.05, 3.63) is 89.8 Å². The van der Waals surface area contributed by atoms with Crippen LogP contribution in [0.2, 0.25) is 0 Å². The lowest BCUT2D eigenvalue weighted by Crippen LogP contribution is -2.64. The summed E-state index contributed by atoms with van der Waals surface area (Å²) in [6.07, 6.45) is 1.56. The minimum Gasteiger partial charge on any atom is -0.497 e. The van der Waals surface area contributed by atoms with Gasteiger partial charge in [0.1, 0.15) is 22.7 Å². The summed E-state index contributed by atoms with van der Waals surface area (Å²) in [6.45, 7) is 4.26. The number of amides is 2. The summed E-state index contributed by atoms with van der Waals surface area (Å²) in [5.74, 6) is 0.733. The Kier molecular flexibility index (Phi) is 5.64. The number of aromatic nitrogens is 2. The molecule has 5 rings (SSSR count). The summed E-state index contributed by atoms with van der Waals surface area (Å²) >= 11 is 0. The van der Waals surface area contributed by atoms with E-state index >= 15 is 0 Å². The minimum atomic E-state index is -1.21. The highest BCUT2D eigenvalue weighted by atomic mass is 16.5. The molecule has 35 heavy (non-hydrogen) atoms. The molecule has 2 aromatic carbocycles. The molecule has 8 heteroatoms.